The van der Waals surface area contributed by atoms with E-state index in [1.807, 2.05) is 0 Å². The van der Waals surface area contributed by atoms with Gasteiger partial charge in [-0.1, -0.05) is 15.9 Å². The van der Waals surface area contributed by atoms with E-state index in [0.29, 0.717) is 22.2 Å². The number of aliphatic hydroxyl groups is 1. The fraction of sp³-hybridized carbons (Fsp3) is 0.400. The van der Waals surface area contributed by atoms with E-state index in [1.54, 1.807) is 6.07 Å². The van der Waals surface area contributed by atoms with Gasteiger partial charge in [0, 0.05) is 23.1 Å². The molecular weight excluding hydrogens is 264 g/mol. The van der Waals surface area contributed by atoms with Gasteiger partial charge in [-0.3, -0.25) is 0 Å². The van der Waals surface area contributed by atoms with E-state index in [2.05, 4.69) is 15.9 Å². The van der Waals surface area contributed by atoms with Gasteiger partial charge in [0.25, 0.3) is 0 Å². The summed E-state index contributed by atoms with van der Waals surface area (Å²) in [6.07, 6.45) is 0.354. The number of hydrogen-bond acceptors (Lipinski definition) is 4. The van der Waals surface area contributed by atoms with Gasteiger partial charge in [-0.2, -0.15) is 0 Å². The normalized spacial score (nSPS) is 10.1. The van der Waals surface area contributed by atoms with Crippen molar-refractivity contribution in [3.8, 4) is 17.2 Å². The van der Waals surface area contributed by atoms with Gasteiger partial charge in [0.15, 0.2) is 11.5 Å². The van der Waals surface area contributed by atoms with Gasteiger partial charge >= 0.3 is 0 Å². The highest BCUT2D eigenvalue weighted by Crippen LogP contribution is 2.43. The molecule has 0 amide bonds. The predicted molar refractivity (Wildman–Crippen MR) is 59.7 cm³/mol. The topological polar surface area (TPSA) is 58.9 Å². The number of rotatable bonds is 4. The van der Waals surface area contributed by atoms with Gasteiger partial charge < -0.3 is 19.7 Å². The number of halogens is 1. The summed E-state index contributed by atoms with van der Waals surface area (Å²) < 4.78 is 10.8. The van der Waals surface area contributed by atoms with E-state index >= 15 is 0 Å². The molecule has 0 fully saturated rings. The summed E-state index contributed by atoms with van der Waals surface area (Å²) >= 11 is 3.30. The maximum Gasteiger partial charge on any atom is 0.203 e. The largest absolute Gasteiger partial charge is 0.504 e. The maximum atomic E-state index is 9.87. The van der Waals surface area contributed by atoms with Crippen LogP contribution in [0.15, 0.2) is 10.5 Å². The molecule has 84 valence electrons. The number of aliphatic hydroxyl groups excluding tert-OH is 1. The van der Waals surface area contributed by atoms with Crippen molar-refractivity contribution < 1.29 is 19.7 Å². The third kappa shape index (κ3) is 2.35. The van der Waals surface area contributed by atoms with Crippen LogP contribution in [0.2, 0.25) is 0 Å². The lowest BCUT2D eigenvalue weighted by Crippen LogP contribution is -1.98. The summed E-state index contributed by atoms with van der Waals surface area (Å²) in [4.78, 5) is 0. The van der Waals surface area contributed by atoms with Gasteiger partial charge in [0.1, 0.15) is 0 Å². The summed E-state index contributed by atoms with van der Waals surface area (Å²) in [5, 5.41) is 18.7. The van der Waals surface area contributed by atoms with Crippen molar-refractivity contribution in [1.82, 2.24) is 0 Å². The van der Waals surface area contributed by atoms with Gasteiger partial charge in [0.05, 0.1) is 14.2 Å². The van der Waals surface area contributed by atoms with Gasteiger partial charge in [-0.05, 0) is 6.07 Å². The summed E-state index contributed by atoms with van der Waals surface area (Å²) in [7, 11) is 2.95. The Balaban J connectivity index is 3.31. The molecule has 0 atom stereocenters. The van der Waals surface area contributed by atoms with Crippen LogP contribution in [0.5, 0.6) is 17.2 Å². The van der Waals surface area contributed by atoms with Crippen LogP contribution in [0.1, 0.15) is 5.56 Å². The van der Waals surface area contributed by atoms with E-state index < -0.39 is 0 Å². The molecule has 0 saturated heterocycles. The standard InChI is InChI=1S/C10H13BrO4/c1-14-8-5-7(11)6(3-4-12)9(13)10(8)15-2/h5,12-13H,3-4H2,1-2H3. The molecule has 0 unspecified atom stereocenters. The maximum absolute atomic E-state index is 9.87. The first-order valence-electron chi connectivity index (χ1n) is 4.38. The highest BCUT2D eigenvalue weighted by molar-refractivity contribution is 9.10. The fourth-order valence-corrected chi connectivity index (χ4v) is 1.93. The monoisotopic (exact) mass is 276 g/mol. The fourth-order valence-electron chi connectivity index (χ4n) is 1.33. The first kappa shape index (κ1) is 12.1. The molecule has 1 rings (SSSR count). The minimum absolute atomic E-state index is 0.00206. The zero-order valence-electron chi connectivity index (χ0n) is 8.58. The van der Waals surface area contributed by atoms with E-state index in [4.69, 9.17) is 14.6 Å². The van der Waals surface area contributed by atoms with Crippen LogP contribution in [0.25, 0.3) is 0 Å². The Kier molecular flexibility index (Phi) is 4.23. The lowest BCUT2D eigenvalue weighted by molar-refractivity contribution is 0.294. The Labute approximate surface area is 96.6 Å². The molecule has 0 saturated carbocycles. The minimum Gasteiger partial charge on any atom is -0.504 e. The molecule has 15 heavy (non-hydrogen) atoms. The predicted octanol–water partition coefficient (Wildman–Crippen LogP) is 1.71. The molecule has 1 aromatic rings. The lowest BCUT2D eigenvalue weighted by atomic mass is 10.1. The molecule has 0 aliphatic carbocycles. The third-order valence-electron chi connectivity index (χ3n) is 2.06. The summed E-state index contributed by atoms with van der Waals surface area (Å²) in [6.45, 7) is -0.0400. The zero-order chi connectivity index (χ0) is 11.4. The van der Waals surface area contributed by atoms with E-state index in [0.717, 1.165) is 0 Å². The second-order valence-electron chi connectivity index (χ2n) is 2.89. The number of benzene rings is 1. The molecule has 0 aliphatic heterocycles. The molecule has 0 heterocycles. The number of phenols is 1. The molecular formula is C10H13BrO4. The van der Waals surface area contributed by atoms with Crippen LogP contribution >= 0.6 is 15.9 Å². The van der Waals surface area contributed by atoms with Crippen LogP contribution < -0.4 is 9.47 Å². The van der Waals surface area contributed by atoms with Crippen molar-refractivity contribution in [3.63, 3.8) is 0 Å². The van der Waals surface area contributed by atoms with Crippen LogP contribution in [0.4, 0.5) is 0 Å². The Morgan fingerprint density at radius 3 is 2.47 bits per heavy atom. The zero-order valence-corrected chi connectivity index (χ0v) is 10.2. The number of ether oxygens (including phenoxy) is 2. The Morgan fingerprint density at radius 1 is 1.33 bits per heavy atom. The summed E-state index contributed by atoms with van der Waals surface area (Å²) in [6, 6.07) is 1.70. The van der Waals surface area contributed by atoms with Crippen LogP contribution in [0.3, 0.4) is 0 Å². The quantitative estimate of drug-likeness (QED) is 0.879. The van der Waals surface area contributed by atoms with Gasteiger partial charge in [-0.25, -0.2) is 0 Å². The molecule has 4 nitrogen and oxygen atoms in total. The Bertz CT molecular complexity index is 352. The Hall–Kier alpha value is -0.940. The smallest absolute Gasteiger partial charge is 0.203 e. The molecule has 0 radical (unpaired) electrons. The number of hydrogen-bond donors (Lipinski definition) is 2. The van der Waals surface area contributed by atoms with Crippen molar-refractivity contribution in [2.45, 2.75) is 6.42 Å². The van der Waals surface area contributed by atoms with E-state index in [9.17, 15) is 5.11 Å². The lowest BCUT2D eigenvalue weighted by Gasteiger charge is -2.14. The van der Waals surface area contributed by atoms with Crippen molar-refractivity contribution in [2.24, 2.45) is 0 Å². The average Bonchev–Trinajstić information content (AvgIpc) is 2.23. The summed E-state index contributed by atoms with van der Waals surface area (Å²) in [5.74, 6) is 0.727. The molecule has 0 aromatic heterocycles. The van der Waals surface area contributed by atoms with Crippen molar-refractivity contribution in [3.05, 3.63) is 16.1 Å². The third-order valence-corrected chi connectivity index (χ3v) is 2.76. The van der Waals surface area contributed by atoms with E-state index in [-0.39, 0.29) is 18.1 Å². The van der Waals surface area contributed by atoms with Crippen LogP contribution in [0, 0.1) is 0 Å². The Morgan fingerprint density at radius 2 is 2.00 bits per heavy atom. The highest BCUT2D eigenvalue weighted by atomic mass is 79.9. The number of methoxy groups -OCH3 is 2. The first-order chi connectivity index (χ1) is 7.15. The SMILES string of the molecule is COc1cc(Br)c(CCO)c(O)c1OC. The molecule has 1 aromatic carbocycles. The first-order valence-corrected chi connectivity index (χ1v) is 5.18. The second-order valence-corrected chi connectivity index (χ2v) is 3.75. The molecule has 2 N–H and O–H groups in total. The number of aromatic hydroxyl groups is 1. The number of phenolic OH excluding ortho intramolecular Hbond substituents is 1. The van der Waals surface area contributed by atoms with Crippen molar-refractivity contribution >= 4 is 15.9 Å². The van der Waals surface area contributed by atoms with Crippen molar-refractivity contribution in [1.29, 1.82) is 0 Å². The highest BCUT2D eigenvalue weighted by Gasteiger charge is 2.17. The minimum atomic E-state index is -0.0400. The molecule has 0 aliphatic rings. The average molecular weight is 277 g/mol. The molecule has 0 spiro atoms. The van der Waals surface area contributed by atoms with E-state index in [1.165, 1.54) is 14.2 Å². The second kappa shape index (κ2) is 5.23. The van der Waals surface area contributed by atoms with Gasteiger partial charge in [-0.15, -0.1) is 0 Å². The van der Waals surface area contributed by atoms with Crippen LogP contribution in [-0.2, 0) is 6.42 Å². The van der Waals surface area contributed by atoms with Gasteiger partial charge in [0.2, 0.25) is 5.75 Å². The molecule has 5 heteroatoms. The van der Waals surface area contributed by atoms with Crippen molar-refractivity contribution in [2.75, 3.05) is 20.8 Å². The van der Waals surface area contributed by atoms with Crippen LogP contribution in [-0.4, -0.2) is 31.0 Å². The molecule has 0 bridgehead atoms. The summed E-state index contributed by atoms with van der Waals surface area (Å²) in [5.41, 5.74) is 0.607.